The van der Waals surface area contributed by atoms with Gasteiger partial charge in [0, 0.05) is 6.04 Å². The Morgan fingerprint density at radius 3 is 2.65 bits per heavy atom. The second kappa shape index (κ2) is 5.36. The predicted molar refractivity (Wildman–Crippen MR) is 88.4 cm³/mol. The molecule has 1 aromatic carbocycles. The number of H-pyrrole nitrogens is 1. The first-order chi connectivity index (χ1) is 9.49. The highest BCUT2D eigenvalue weighted by Gasteiger charge is 2.29. The molecule has 1 saturated carbocycles. The highest BCUT2D eigenvalue weighted by molar-refractivity contribution is 7.71. The Balaban J connectivity index is 2.18. The van der Waals surface area contributed by atoms with E-state index in [0.29, 0.717) is 22.0 Å². The molecular formula is C15H18Cl2N2S. The van der Waals surface area contributed by atoms with E-state index in [1.807, 2.05) is 12.1 Å². The van der Waals surface area contributed by atoms with E-state index in [4.69, 9.17) is 35.4 Å². The fourth-order valence-corrected chi connectivity index (χ4v) is 4.03. The Morgan fingerprint density at radius 2 is 1.90 bits per heavy atom. The number of halogens is 2. The SMILES string of the molecule is CC1CCCC(n2c(=S)[nH]c3cc(Cl)c(Cl)cc32)C1C. The molecule has 0 aliphatic heterocycles. The van der Waals surface area contributed by atoms with E-state index in [-0.39, 0.29) is 0 Å². The van der Waals surface area contributed by atoms with Crippen LogP contribution in [-0.2, 0) is 0 Å². The van der Waals surface area contributed by atoms with Gasteiger partial charge in [0.2, 0.25) is 0 Å². The van der Waals surface area contributed by atoms with Gasteiger partial charge < -0.3 is 9.55 Å². The molecule has 5 heteroatoms. The van der Waals surface area contributed by atoms with Crippen LogP contribution in [0, 0.1) is 16.6 Å². The molecule has 0 amide bonds. The Bertz CT molecular complexity index is 704. The molecule has 1 heterocycles. The number of aromatic amines is 1. The molecule has 0 bridgehead atoms. The van der Waals surface area contributed by atoms with Gasteiger partial charge >= 0.3 is 0 Å². The van der Waals surface area contributed by atoms with Gasteiger partial charge in [-0.3, -0.25) is 0 Å². The summed E-state index contributed by atoms with van der Waals surface area (Å²) in [5, 5.41) is 1.14. The molecule has 1 aliphatic rings. The van der Waals surface area contributed by atoms with E-state index in [1.165, 1.54) is 19.3 Å². The molecule has 3 atom stereocenters. The van der Waals surface area contributed by atoms with Gasteiger partial charge in [0.15, 0.2) is 4.77 Å². The van der Waals surface area contributed by atoms with Crippen LogP contribution < -0.4 is 0 Å². The molecular weight excluding hydrogens is 311 g/mol. The minimum absolute atomic E-state index is 0.442. The van der Waals surface area contributed by atoms with E-state index in [2.05, 4.69) is 23.4 Å². The minimum Gasteiger partial charge on any atom is -0.331 e. The van der Waals surface area contributed by atoms with Crippen LogP contribution in [0.2, 0.25) is 10.0 Å². The summed E-state index contributed by atoms with van der Waals surface area (Å²) in [6.07, 6.45) is 3.74. The highest BCUT2D eigenvalue weighted by Crippen LogP contribution is 2.40. The lowest BCUT2D eigenvalue weighted by molar-refractivity contribution is 0.188. The van der Waals surface area contributed by atoms with Gasteiger partial charge in [-0.1, -0.05) is 49.9 Å². The van der Waals surface area contributed by atoms with Crippen LogP contribution in [0.25, 0.3) is 11.0 Å². The maximum atomic E-state index is 6.18. The molecule has 0 spiro atoms. The van der Waals surface area contributed by atoms with Gasteiger partial charge in [0.25, 0.3) is 0 Å². The first-order valence-corrected chi connectivity index (χ1v) is 8.24. The lowest BCUT2D eigenvalue weighted by Gasteiger charge is -2.35. The van der Waals surface area contributed by atoms with Crippen LogP contribution in [0.5, 0.6) is 0 Å². The fraction of sp³-hybridized carbons (Fsp3) is 0.533. The van der Waals surface area contributed by atoms with Crippen molar-refractivity contribution in [3.63, 3.8) is 0 Å². The molecule has 0 saturated heterocycles. The maximum absolute atomic E-state index is 6.18. The zero-order valence-electron chi connectivity index (χ0n) is 11.6. The lowest BCUT2D eigenvalue weighted by Crippen LogP contribution is -2.27. The van der Waals surface area contributed by atoms with Crippen LogP contribution in [-0.4, -0.2) is 9.55 Å². The van der Waals surface area contributed by atoms with Crippen molar-refractivity contribution >= 4 is 46.5 Å². The number of hydrogen-bond donors (Lipinski definition) is 1. The molecule has 3 unspecified atom stereocenters. The Kier molecular flexibility index (Phi) is 3.87. The van der Waals surface area contributed by atoms with Crippen LogP contribution >= 0.6 is 35.4 Å². The average molecular weight is 329 g/mol. The van der Waals surface area contributed by atoms with Gasteiger partial charge in [-0.25, -0.2) is 0 Å². The average Bonchev–Trinajstić information content (AvgIpc) is 2.69. The summed E-state index contributed by atoms with van der Waals surface area (Å²) < 4.78 is 3.01. The van der Waals surface area contributed by atoms with Crippen LogP contribution in [0.3, 0.4) is 0 Å². The van der Waals surface area contributed by atoms with Crippen molar-refractivity contribution in [1.29, 1.82) is 0 Å². The van der Waals surface area contributed by atoms with Crippen molar-refractivity contribution in [2.75, 3.05) is 0 Å². The third kappa shape index (κ3) is 2.30. The third-order valence-corrected chi connectivity index (χ3v) is 5.77. The number of imidazole rings is 1. The van der Waals surface area contributed by atoms with E-state index in [9.17, 15) is 0 Å². The van der Waals surface area contributed by atoms with Gasteiger partial charge in [-0.2, -0.15) is 0 Å². The third-order valence-electron chi connectivity index (χ3n) is 4.75. The molecule has 1 aliphatic carbocycles. The monoisotopic (exact) mass is 328 g/mol. The first-order valence-electron chi connectivity index (χ1n) is 7.08. The van der Waals surface area contributed by atoms with Crippen molar-refractivity contribution in [3.8, 4) is 0 Å². The molecule has 1 N–H and O–H groups in total. The molecule has 3 rings (SSSR count). The van der Waals surface area contributed by atoms with Crippen molar-refractivity contribution < 1.29 is 0 Å². The summed E-state index contributed by atoms with van der Waals surface area (Å²) >= 11 is 17.8. The second-order valence-corrected chi connectivity index (χ2v) is 7.12. The molecule has 20 heavy (non-hydrogen) atoms. The molecule has 2 aromatic rings. The number of aromatic nitrogens is 2. The maximum Gasteiger partial charge on any atom is 0.178 e. The molecule has 108 valence electrons. The van der Waals surface area contributed by atoms with Crippen molar-refractivity contribution in [1.82, 2.24) is 9.55 Å². The summed E-state index contributed by atoms with van der Waals surface area (Å²) in [6.45, 7) is 4.66. The zero-order chi connectivity index (χ0) is 14.4. The Morgan fingerprint density at radius 1 is 1.20 bits per heavy atom. The van der Waals surface area contributed by atoms with Crippen molar-refractivity contribution in [2.24, 2.45) is 11.8 Å². The number of hydrogen-bond acceptors (Lipinski definition) is 1. The summed E-state index contributed by atoms with van der Waals surface area (Å²) in [7, 11) is 0. The van der Waals surface area contributed by atoms with Crippen LogP contribution in [0.1, 0.15) is 39.2 Å². The van der Waals surface area contributed by atoms with E-state index in [0.717, 1.165) is 21.7 Å². The standard InChI is InChI=1S/C15H18Cl2N2S/c1-8-4-3-5-13(9(8)2)19-14-7-11(17)10(16)6-12(14)18-15(19)20/h6-9,13H,3-5H2,1-2H3,(H,18,20). The van der Waals surface area contributed by atoms with Gasteiger partial charge in [-0.15, -0.1) is 0 Å². The van der Waals surface area contributed by atoms with Gasteiger partial charge in [-0.05, 0) is 42.6 Å². The quantitative estimate of drug-likeness (QED) is 0.636. The topological polar surface area (TPSA) is 20.7 Å². The summed E-state index contributed by atoms with van der Waals surface area (Å²) in [6, 6.07) is 4.23. The van der Waals surface area contributed by atoms with Crippen LogP contribution in [0.15, 0.2) is 12.1 Å². The molecule has 2 nitrogen and oxygen atoms in total. The number of fused-ring (bicyclic) bond motifs is 1. The largest absolute Gasteiger partial charge is 0.331 e. The minimum atomic E-state index is 0.442. The fourth-order valence-electron chi connectivity index (χ4n) is 3.37. The highest BCUT2D eigenvalue weighted by atomic mass is 35.5. The number of rotatable bonds is 1. The summed E-state index contributed by atoms with van der Waals surface area (Å²) in [5.41, 5.74) is 2.03. The first kappa shape index (κ1) is 14.4. The zero-order valence-corrected chi connectivity index (χ0v) is 13.9. The van der Waals surface area contributed by atoms with Gasteiger partial charge in [0.05, 0.1) is 21.1 Å². The number of nitrogens with one attached hydrogen (secondary N) is 1. The normalized spacial score (nSPS) is 27.1. The smallest absolute Gasteiger partial charge is 0.178 e. The van der Waals surface area contributed by atoms with Crippen molar-refractivity contribution in [3.05, 3.63) is 26.9 Å². The summed E-state index contributed by atoms with van der Waals surface area (Å²) in [5.74, 6) is 1.34. The molecule has 1 aromatic heterocycles. The van der Waals surface area contributed by atoms with Crippen LogP contribution in [0.4, 0.5) is 0 Å². The van der Waals surface area contributed by atoms with Gasteiger partial charge in [0.1, 0.15) is 0 Å². The lowest BCUT2D eigenvalue weighted by atomic mass is 9.78. The van der Waals surface area contributed by atoms with E-state index >= 15 is 0 Å². The van der Waals surface area contributed by atoms with Crippen molar-refractivity contribution in [2.45, 2.75) is 39.2 Å². The Hall–Kier alpha value is -0.510. The predicted octanol–water partition coefficient (Wildman–Crippen LogP) is 6.00. The Labute approximate surface area is 134 Å². The number of benzene rings is 1. The van der Waals surface area contributed by atoms with E-state index in [1.54, 1.807) is 0 Å². The second-order valence-electron chi connectivity index (χ2n) is 5.92. The number of nitrogens with zero attached hydrogens (tertiary/aromatic N) is 1. The van der Waals surface area contributed by atoms with E-state index < -0.39 is 0 Å². The molecule has 1 fully saturated rings. The molecule has 0 radical (unpaired) electrons. The summed E-state index contributed by atoms with van der Waals surface area (Å²) in [4.78, 5) is 3.26.